The molecule has 2 aromatic heterocycles. The van der Waals surface area contributed by atoms with E-state index in [1.807, 2.05) is 38.9 Å². The third-order valence-corrected chi connectivity index (χ3v) is 3.34. The number of hydrogen-bond acceptors (Lipinski definition) is 5. The van der Waals surface area contributed by atoms with Crippen molar-refractivity contribution in [3.63, 3.8) is 0 Å². The minimum atomic E-state index is -0.807. The predicted molar refractivity (Wildman–Crippen MR) is 78.9 cm³/mol. The van der Waals surface area contributed by atoms with Crippen LogP contribution in [-0.2, 0) is 11.2 Å². The number of carboxylic acids is 1. The van der Waals surface area contributed by atoms with Crippen molar-refractivity contribution >= 4 is 11.8 Å². The Morgan fingerprint density at radius 2 is 2.05 bits per heavy atom. The van der Waals surface area contributed by atoms with Crippen molar-refractivity contribution in [3.05, 3.63) is 29.3 Å². The first-order valence-corrected chi connectivity index (χ1v) is 6.66. The highest BCUT2D eigenvalue weighted by molar-refractivity contribution is 5.67. The van der Waals surface area contributed by atoms with Gasteiger partial charge in [0, 0.05) is 32.3 Å². The summed E-state index contributed by atoms with van der Waals surface area (Å²) in [6, 6.07) is 1.85. The van der Waals surface area contributed by atoms with E-state index in [0.29, 0.717) is 12.2 Å². The first kappa shape index (κ1) is 15.0. The number of rotatable bonds is 5. The highest BCUT2D eigenvalue weighted by atomic mass is 16.4. The van der Waals surface area contributed by atoms with E-state index in [1.54, 1.807) is 4.68 Å². The van der Waals surface area contributed by atoms with E-state index in [1.165, 1.54) is 6.33 Å². The van der Waals surface area contributed by atoms with Gasteiger partial charge in [0.05, 0.1) is 5.69 Å². The fourth-order valence-electron chi connectivity index (χ4n) is 2.19. The molecule has 0 aliphatic heterocycles. The SMILES string of the molecule is Cc1nn(-c2cc(N(C)C)ncn2)c(C)c1CCC(=O)O. The lowest BCUT2D eigenvalue weighted by Gasteiger charge is -2.12. The van der Waals surface area contributed by atoms with Gasteiger partial charge in [-0.1, -0.05) is 0 Å². The van der Waals surface area contributed by atoms with Gasteiger partial charge in [-0.15, -0.1) is 0 Å². The predicted octanol–water partition coefficient (Wildman–Crippen LogP) is 1.36. The van der Waals surface area contributed by atoms with Crippen molar-refractivity contribution in [2.45, 2.75) is 26.7 Å². The van der Waals surface area contributed by atoms with Gasteiger partial charge in [-0.2, -0.15) is 5.10 Å². The molecule has 21 heavy (non-hydrogen) atoms. The van der Waals surface area contributed by atoms with Gasteiger partial charge in [0.1, 0.15) is 12.1 Å². The van der Waals surface area contributed by atoms with Gasteiger partial charge in [0.15, 0.2) is 5.82 Å². The number of carboxylic acid groups (broad SMARTS) is 1. The van der Waals surface area contributed by atoms with Gasteiger partial charge >= 0.3 is 5.97 Å². The smallest absolute Gasteiger partial charge is 0.303 e. The monoisotopic (exact) mass is 289 g/mol. The lowest BCUT2D eigenvalue weighted by molar-refractivity contribution is -0.136. The molecular weight excluding hydrogens is 270 g/mol. The summed E-state index contributed by atoms with van der Waals surface area (Å²) < 4.78 is 1.74. The molecule has 0 spiro atoms. The maximum Gasteiger partial charge on any atom is 0.303 e. The van der Waals surface area contributed by atoms with E-state index in [2.05, 4.69) is 15.1 Å². The van der Waals surface area contributed by atoms with Gasteiger partial charge < -0.3 is 10.0 Å². The van der Waals surface area contributed by atoms with Crippen LogP contribution in [0.4, 0.5) is 5.82 Å². The molecule has 0 saturated carbocycles. The van der Waals surface area contributed by atoms with Crippen LogP contribution in [0.2, 0.25) is 0 Å². The van der Waals surface area contributed by atoms with Gasteiger partial charge in [-0.25, -0.2) is 14.6 Å². The molecule has 2 aromatic rings. The summed E-state index contributed by atoms with van der Waals surface area (Å²) in [5, 5.41) is 13.3. The van der Waals surface area contributed by atoms with Crippen LogP contribution < -0.4 is 4.90 Å². The number of anilines is 1. The first-order chi connectivity index (χ1) is 9.90. The molecule has 0 saturated heterocycles. The van der Waals surface area contributed by atoms with Crippen molar-refractivity contribution in [1.82, 2.24) is 19.7 Å². The molecule has 0 radical (unpaired) electrons. The lowest BCUT2D eigenvalue weighted by Crippen LogP contribution is -2.12. The van der Waals surface area contributed by atoms with Gasteiger partial charge in [0.25, 0.3) is 0 Å². The molecule has 0 aliphatic rings. The fourth-order valence-corrected chi connectivity index (χ4v) is 2.19. The Bertz CT molecular complexity index is 663. The van der Waals surface area contributed by atoms with Crippen LogP contribution in [0.1, 0.15) is 23.4 Å². The number of aryl methyl sites for hydroxylation is 1. The summed E-state index contributed by atoms with van der Waals surface area (Å²) >= 11 is 0. The molecule has 0 bridgehead atoms. The highest BCUT2D eigenvalue weighted by Gasteiger charge is 2.15. The number of aliphatic carboxylic acids is 1. The van der Waals surface area contributed by atoms with Crippen LogP contribution in [0.5, 0.6) is 0 Å². The summed E-state index contributed by atoms with van der Waals surface area (Å²) in [4.78, 5) is 21.1. The highest BCUT2D eigenvalue weighted by Crippen LogP contribution is 2.19. The van der Waals surface area contributed by atoms with E-state index in [4.69, 9.17) is 5.11 Å². The minimum Gasteiger partial charge on any atom is -0.481 e. The van der Waals surface area contributed by atoms with Gasteiger partial charge in [0.2, 0.25) is 0 Å². The molecular formula is C14H19N5O2. The molecule has 0 amide bonds. The average molecular weight is 289 g/mol. The number of hydrogen-bond donors (Lipinski definition) is 1. The summed E-state index contributed by atoms with van der Waals surface area (Å²) in [6.45, 7) is 3.81. The van der Waals surface area contributed by atoms with Crippen LogP contribution >= 0.6 is 0 Å². The van der Waals surface area contributed by atoms with Crippen molar-refractivity contribution < 1.29 is 9.90 Å². The summed E-state index contributed by atoms with van der Waals surface area (Å²) in [5.41, 5.74) is 2.71. The Kier molecular flexibility index (Phi) is 4.21. The third-order valence-electron chi connectivity index (χ3n) is 3.34. The van der Waals surface area contributed by atoms with Crippen LogP contribution in [0.3, 0.4) is 0 Å². The average Bonchev–Trinajstić information content (AvgIpc) is 2.72. The largest absolute Gasteiger partial charge is 0.481 e. The van der Waals surface area contributed by atoms with Crippen molar-refractivity contribution in [3.8, 4) is 5.82 Å². The van der Waals surface area contributed by atoms with Crippen molar-refractivity contribution in [2.24, 2.45) is 0 Å². The maximum atomic E-state index is 10.7. The molecule has 0 aromatic carbocycles. The molecule has 2 heterocycles. The Balaban J connectivity index is 2.39. The van der Waals surface area contributed by atoms with Gasteiger partial charge in [-0.3, -0.25) is 4.79 Å². The van der Waals surface area contributed by atoms with Crippen molar-refractivity contribution in [1.29, 1.82) is 0 Å². The molecule has 112 valence electrons. The Morgan fingerprint density at radius 3 is 2.67 bits per heavy atom. The van der Waals surface area contributed by atoms with E-state index < -0.39 is 5.97 Å². The second-order valence-corrected chi connectivity index (χ2v) is 5.08. The number of aromatic nitrogens is 4. The minimum absolute atomic E-state index is 0.0973. The van der Waals surface area contributed by atoms with Crippen LogP contribution in [0.25, 0.3) is 5.82 Å². The fraction of sp³-hybridized carbons (Fsp3) is 0.429. The molecule has 0 aliphatic carbocycles. The lowest BCUT2D eigenvalue weighted by atomic mass is 10.1. The van der Waals surface area contributed by atoms with Crippen LogP contribution in [0.15, 0.2) is 12.4 Å². The van der Waals surface area contributed by atoms with E-state index in [9.17, 15) is 4.79 Å². The molecule has 7 nitrogen and oxygen atoms in total. The maximum absolute atomic E-state index is 10.7. The van der Waals surface area contributed by atoms with Gasteiger partial charge in [-0.05, 0) is 25.8 Å². The summed E-state index contributed by atoms with van der Waals surface area (Å²) in [5.74, 6) is 0.661. The quantitative estimate of drug-likeness (QED) is 0.894. The zero-order valence-electron chi connectivity index (χ0n) is 12.7. The second-order valence-electron chi connectivity index (χ2n) is 5.08. The Morgan fingerprint density at radius 1 is 1.33 bits per heavy atom. The standard InChI is InChI=1S/C14H19N5O2/c1-9-11(5-6-14(20)21)10(2)19(17-9)13-7-12(18(3)4)15-8-16-13/h7-8H,5-6H2,1-4H3,(H,20,21). The van der Waals surface area contributed by atoms with E-state index >= 15 is 0 Å². The third kappa shape index (κ3) is 3.18. The normalized spacial score (nSPS) is 10.7. The zero-order valence-corrected chi connectivity index (χ0v) is 12.7. The molecule has 0 unspecified atom stereocenters. The molecule has 2 rings (SSSR count). The molecule has 0 atom stereocenters. The molecule has 1 N–H and O–H groups in total. The summed E-state index contributed by atoms with van der Waals surface area (Å²) in [6.07, 6.45) is 2.07. The topological polar surface area (TPSA) is 84.1 Å². The summed E-state index contributed by atoms with van der Waals surface area (Å²) in [7, 11) is 3.82. The number of carbonyl (C=O) groups is 1. The van der Waals surface area contributed by atoms with Crippen LogP contribution in [0, 0.1) is 13.8 Å². The number of nitrogens with zero attached hydrogens (tertiary/aromatic N) is 5. The first-order valence-electron chi connectivity index (χ1n) is 6.66. The van der Waals surface area contributed by atoms with Crippen molar-refractivity contribution in [2.75, 3.05) is 19.0 Å². The molecule has 7 heteroatoms. The van der Waals surface area contributed by atoms with E-state index in [0.717, 1.165) is 22.8 Å². The Hall–Kier alpha value is -2.44. The van der Waals surface area contributed by atoms with E-state index in [-0.39, 0.29) is 6.42 Å². The van der Waals surface area contributed by atoms with Crippen LogP contribution in [-0.4, -0.2) is 44.9 Å². The molecule has 0 fully saturated rings. The zero-order chi connectivity index (χ0) is 15.6. The second kappa shape index (κ2) is 5.90. The Labute approximate surface area is 123 Å².